The highest BCUT2D eigenvalue weighted by atomic mass is 35.5. The molecule has 0 saturated heterocycles. The summed E-state index contributed by atoms with van der Waals surface area (Å²) in [5, 5.41) is 7.47. The molecule has 3 heteroatoms. The van der Waals surface area contributed by atoms with Crippen molar-refractivity contribution in [1.29, 1.82) is 0 Å². The van der Waals surface area contributed by atoms with Crippen LogP contribution in [0.2, 0.25) is 5.02 Å². The van der Waals surface area contributed by atoms with E-state index in [4.69, 9.17) is 16.0 Å². The Morgan fingerprint density at radius 2 is 1.95 bits per heavy atom. The molecule has 1 aromatic heterocycles. The van der Waals surface area contributed by atoms with Crippen LogP contribution in [0.4, 0.5) is 0 Å². The van der Waals surface area contributed by atoms with Crippen molar-refractivity contribution in [2.75, 3.05) is 0 Å². The smallest absolute Gasteiger partial charge is 0.142 e. The molecular formula is C16H14ClNO. The Balaban J connectivity index is 1.84. The van der Waals surface area contributed by atoms with E-state index in [1.165, 1.54) is 12.8 Å². The number of benzene rings is 2. The maximum Gasteiger partial charge on any atom is 0.142 e. The zero-order chi connectivity index (χ0) is 12.8. The van der Waals surface area contributed by atoms with Crippen LogP contribution in [0.3, 0.4) is 0 Å². The molecule has 4 rings (SSSR count). The molecular weight excluding hydrogens is 258 g/mol. The lowest BCUT2D eigenvalue weighted by Gasteiger charge is -2.01. The van der Waals surface area contributed by atoms with Crippen molar-refractivity contribution in [3.63, 3.8) is 0 Å². The van der Waals surface area contributed by atoms with Crippen LogP contribution in [0.25, 0.3) is 21.7 Å². The lowest BCUT2D eigenvalue weighted by Crippen LogP contribution is -2.14. The van der Waals surface area contributed by atoms with Gasteiger partial charge in [0.25, 0.3) is 0 Å². The molecule has 0 amide bonds. The van der Waals surface area contributed by atoms with E-state index in [1.807, 2.05) is 24.3 Å². The van der Waals surface area contributed by atoms with Gasteiger partial charge in [0.1, 0.15) is 11.3 Å². The van der Waals surface area contributed by atoms with E-state index < -0.39 is 0 Å². The summed E-state index contributed by atoms with van der Waals surface area (Å²) in [5.41, 5.74) is 0.938. The summed E-state index contributed by atoms with van der Waals surface area (Å²) in [7, 11) is 0. The van der Waals surface area contributed by atoms with E-state index in [0.717, 1.165) is 39.1 Å². The Morgan fingerprint density at radius 3 is 2.74 bits per heavy atom. The van der Waals surface area contributed by atoms with E-state index >= 15 is 0 Å². The fourth-order valence-electron chi connectivity index (χ4n) is 2.50. The van der Waals surface area contributed by atoms with Gasteiger partial charge < -0.3 is 9.73 Å². The molecule has 3 aromatic rings. The number of halogens is 1. The summed E-state index contributed by atoms with van der Waals surface area (Å²) in [6.45, 7) is 0.797. The molecule has 19 heavy (non-hydrogen) atoms. The SMILES string of the molecule is Clc1cc2cc(CNC3CC3)oc2c2ccccc12. The van der Waals surface area contributed by atoms with Gasteiger partial charge in [-0.1, -0.05) is 35.9 Å². The van der Waals surface area contributed by atoms with Crippen molar-refractivity contribution in [3.8, 4) is 0 Å². The highest BCUT2D eigenvalue weighted by molar-refractivity contribution is 6.37. The van der Waals surface area contributed by atoms with Crippen LogP contribution in [0.15, 0.2) is 40.8 Å². The van der Waals surface area contributed by atoms with Crippen molar-refractivity contribution in [2.24, 2.45) is 0 Å². The van der Waals surface area contributed by atoms with Crippen molar-refractivity contribution in [1.82, 2.24) is 5.32 Å². The third-order valence-corrected chi connectivity index (χ3v) is 3.98. The van der Waals surface area contributed by atoms with Gasteiger partial charge in [-0.3, -0.25) is 0 Å². The zero-order valence-electron chi connectivity index (χ0n) is 10.4. The molecule has 1 aliphatic carbocycles. The molecule has 1 N–H and O–H groups in total. The number of hydrogen-bond donors (Lipinski definition) is 1. The van der Waals surface area contributed by atoms with Gasteiger partial charge in [0.05, 0.1) is 6.54 Å². The second-order valence-electron chi connectivity index (χ2n) is 5.19. The summed E-state index contributed by atoms with van der Waals surface area (Å²) < 4.78 is 5.99. The van der Waals surface area contributed by atoms with Gasteiger partial charge in [0, 0.05) is 27.2 Å². The number of fused-ring (bicyclic) bond motifs is 3. The molecule has 0 radical (unpaired) electrons. The first-order valence-corrected chi connectivity index (χ1v) is 7.02. The first-order chi connectivity index (χ1) is 9.31. The van der Waals surface area contributed by atoms with E-state index in [9.17, 15) is 0 Å². The fourth-order valence-corrected chi connectivity index (χ4v) is 2.78. The predicted molar refractivity (Wildman–Crippen MR) is 78.6 cm³/mol. The molecule has 0 aliphatic heterocycles. The molecule has 0 spiro atoms. The van der Waals surface area contributed by atoms with Gasteiger partial charge in [0.2, 0.25) is 0 Å². The topological polar surface area (TPSA) is 25.2 Å². The molecule has 1 saturated carbocycles. The van der Waals surface area contributed by atoms with E-state index in [0.29, 0.717) is 6.04 Å². The zero-order valence-corrected chi connectivity index (χ0v) is 11.2. The molecule has 1 heterocycles. The Hall–Kier alpha value is -1.51. The van der Waals surface area contributed by atoms with Gasteiger partial charge in [-0.2, -0.15) is 0 Å². The number of rotatable bonds is 3. The van der Waals surface area contributed by atoms with E-state index in [-0.39, 0.29) is 0 Å². The van der Waals surface area contributed by atoms with Gasteiger partial charge in [-0.25, -0.2) is 0 Å². The predicted octanol–water partition coefficient (Wildman–Crippen LogP) is 4.49. The summed E-state index contributed by atoms with van der Waals surface area (Å²) in [6.07, 6.45) is 2.57. The largest absolute Gasteiger partial charge is 0.459 e. The summed E-state index contributed by atoms with van der Waals surface area (Å²) >= 11 is 6.33. The molecule has 0 unspecified atom stereocenters. The van der Waals surface area contributed by atoms with Gasteiger partial charge in [0.15, 0.2) is 0 Å². The summed E-state index contributed by atoms with van der Waals surface area (Å²) in [4.78, 5) is 0. The molecule has 2 nitrogen and oxygen atoms in total. The van der Waals surface area contributed by atoms with E-state index in [2.05, 4.69) is 17.4 Å². The molecule has 96 valence electrons. The minimum Gasteiger partial charge on any atom is -0.459 e. The molecule has 2 aromatic carbocycles. The second-order valence-corrected chi connectivity index (χ2v) is 5.60. The lowest BCUT2D eigenvalue weighted by molar-refractivity contribution is 0.514. The number of nitrogens with one attached hydrogen (secondary N) is 1. The van der Waals surface area contributed by atoms with Crippen LogP contribution in [0, 0.1) is 0 Å². The Morgan fingerprint density at radius 1 is 1.16 bits per heavy atom. The maximum atomic E-state index is 6.33. The monoisotopic (exact) mass is 271 g/mol. The molecule has 1 fully saturated rings. The Kier molecular flexibility index (Phi) is 2.54. The molecule has 0 atom stereocenters. The molecule has 1 aliphatic rings. The Bertz CT molecular complexity index is 758. The highest BCUT2D eigenvalue weighted by Crippen LogP contribution is 2.33. The minimum absolute atomic E-state index is 0.688. The summed E-state index contributed by atoms with van der Waals surface area (Å²) in [6, 6.07) is 12.9. The van der Waals surface area contributed by atoms with Crippen LogP contribution >= 0.6 is 11.6 Å². The lowest BCUT2D eigenvalue weighted by atomic mass is 10.1. The standard InChI is InChI=1S/C16H14ClNO/c17-15-8-10-7-12(9-18-11-5-6-11)19-16(10)14-4-2-1-3-13(14)15/h1-4,7-8,11,18H,5-6,9H2. The van der Waals surface area contributed by atoms with Crippen molar-refractivity contribution >= 4 is 33.3 Å². The van der Waals surface area contributed by atoms with Crippen molar-refractivity contribution in [2.45, 2.75) is 25.4 Å². The average molecular weight is 272 g/mol. The summed E-state index contributed by atoms with van der Waals surface area (Å²) in [5.74, 6) is 0.981. The van der Waals surface area contributed by atoms with Crippen molar-refractivity contribution in [3.05, 3.63) is 47.2 Å². The van der Waals surface area contributed by atoms with Crippen LogP contribution in [-0.2, 0) is 6.54 Å². The first kappa shape index (κ1) is 11.3. The average Bonchev–Trinajstić information content (AvgIpc) is 3.17. The highest BCUT2D eigenvalue weighted by Gasteiger charge is 2.20. The number of hydrogen-bond acceptors (Lipinski definition) is 2. The van der Waals surface area contributed by atoms with Crippen molar-refractivity contribution < 1.29 is 4.42 Å². The third kappa shape index (κ3) is 2.01. The van der Waals surface area contributed by atoms with Crippen LogP contribution in [0.1, 0.15) is 18.6 Å². The minimum atomic E-state index is 0.688. The second kappa shape index (κ2) is 4.26. The third-order valence-electron chi connectivity index (χ3n) is 3.67. The van der Waals surface area contributed by atoms with Crippen LogP contribution in [0.5, 0.6) is 0 Å². The maximum absolute atomic E-state index is 6.33. The molecule has 0 bridgehead atoms. The van der Waals surface area contributed by atoms with Gasteiger partial charge in [-0.15, -0.1) is 0 Å². The normalized spacial score (nSPS) is 15.4. The van der Waals surface area contributed by atoms with Gasteiger partial charge >= 0.3 is 0 Å². The van der Waals surface area contributed by atoms with Gasteiger partial charge in [-0.05, 0) is 25.0 Å². The van der Waals surface area contributed by atoms with Crippen LogP contribution < -0.4 is 5.32 Å². The quantitative estimate of drug-likeness (QED) is 0.759. The fraction of sp³-hybridized carbons (Fsp3) is 0.250. The first-order valence-electron chi connectivity index (χ1n) is 6.64. The van der Waals surface area contributed by atoms with E-state index in [1.54, 1.807) is 0 Å². The number of furan rings is 1. The Labute approximate surface area is 116 Å². The van der Waals surface area contributed by atoms with Crippen LogP contribution in [-0.4, -0.2) is 6.04 Å².